The predicted octanol–water partition coefficient (Wildman–Crippen LogP) is 3.17. The number of rotatable bonds is 5. The zero-order valence-electron chi connectivity index (χ0n) is 13.1. The molecule has 0 saturated heterocycles. The van der Waals surface area contributed by atoms with Crippen molar-refractivity contribution in [2.75, 3.05) is 6.61 Å². The fourth-order valence-corrected chi connectivity index (χ4v) is 2.78. The van der Waals surface area contributed by atoms with Crippen LogP contribution in [0, 0.1) is 11.8 Å². The summed E-state index contributed by atoms with van der Waals surface area (Å²) in [4.78, 5) is 4.54. The van der Waals surface area contributed by atoms with Crippen molar-refractivity contribution in [2.45, 2.75) is 65.0 Å². The maximum Gasteiger partial charge on any atom is 0.243 e. The Hall–Kier alpha value is -0.940. The minimum atomic E-state index is -0.375. The molecular weight excluding hydrogens is 254 g/mol. The van der Waals surface area contributed by atoms with Crippen molar-refractivity contribution in [3.05, 3.63) is 11.7 Å². The molecular formula is C15H27N3O2. The normalized spacial score (nSPS) is 28.8. The standard InChI is InChI=1S/C15H27N3O2/c1-5-19-15(8-6-11(4)7-9-15)14-17-13(20-18-14)12(16)10(2)3/h10-12H,5-9,16H2,1-4H3/t11?,12-,15?/m1/s1. The third kappa shape index (κ3) is 3.04. The molecule has 1 aromatic rings. The summed E-state index contributed by atoms with van der Waals surface area (Å²) in [6, 6.07) is -0.211. The Labute approximate surface area is 121 Å². The van der Waals surface area contributed by atoms with Crippen LogP contribution in [-0.4, -0.2) is 16.7 Å². The molecule has 114 valence electrons. The van der Waals surface area contributed by atoms with Crippen molar-refractivity contribution < 1.29 is 9.26 Å². The van der Waals surface area contributed by atoms with Crippen LogP contribution in [0.25, 0.3) is 0 Å². The third-order valence-corrected chi connectivity index (χ3v) is 4.36. The largest absolute Gasteiger partial charge is 0.367 e. The molecule has 1 aliphatic rings. The number of aromatic nitrogens is 2. The molecule has 1 aromatic heterocycles. The molecule has 1 fully saturated rings. The Morgan fingerprint density at radius 3 is 2.60 bits per heavy atom. The summed E-state index contributed by atoms with van der Waals surface area (Å²) in [5, 5.41) is 4.17. The van der Waals surface area contributed by atoms with Crippen LogP contribution in [-0.2, 0) is 10.3 Å². The van der Waals surface area contributed by atoms with E-state index in [1.165, 1.54) is 0 Å². The Kier molecular flexibility index (Phi) is 4.81. The molecule has 2 rings (SSSR count). The first-order chi connectivity index (χ1) is 9.48. The molecule has 1 atom stereocenters. The Morgan fingerprint density at radius 2 is 2.05 bits per heavy atom. The Balaban J connectivity index is 2.22. The molecule has 0 amide bonds. The maximum absolute atomic E-state index is 6.08. The highest BCUT2D eigenvalue weighted by atomic mass is 16.5. The summed E-state index contributed by atoms with van der Waals surface area (Å²) in [5.74, 6) is 2.22. The lowest BCUT2D eigenvalue weighted by atomic mass is 9.79. The molecule has 0 aliphatic heterocycles. The van der Waals surface area contributed by atoms with Gasteiger partial charge in [0.1, 0.15) is 5.60 Å². The molecule has 1 saturated carbocycles. The van der Waals surface area contributed by atoms with E-state index < -0.39 is 0 Å². The van der Waals surface area contributed by atoms with E-state index in [0.29, 0.717) is 18.3 Å². The average molecular weight is 281 g/mol. The van der Waals surface area contributed by atoms with Gasteiger partial charge < -0.3 is 15.0 Å². The zero-order chi connectivity index (χ0) is 14.8. The summed E-state index contributed by atoms with van der Waals surface area (Å²) in [6.45, 7) is 9.06. The van der Waals surface area contributed by atoms with Crippen LogP contribution in [0.3, 0.4) is 0 Å². The van der Waals surface area contributed by atoms with Gasteiger partial charge in [-0.3, -0.25) is 0 Å². The van der Waals surface area contributed by atoms with Gasteiger partial charge >= 0.3 is 0 Å². The highest BCUT2D eigenvalue weighted by molar-refractivity contribution is 5.05. The van der Waals surface area contributed by atoms with Crippen molar-refractivity contribution >= 4 is 0 Å². The van der Waals surface area contributed by atoms with Gasteiger partial charge in [-0.05, 0) is 44.4 Å². The van der Waals surface area contributed by atoms with Crippen molar-refractivity contribution in [2.24, 2.45) is 17.6 Å². The lowest BCUT2D eigenvalue weighted by Gasteiger charge is -2.36. The minimum Gasteiger partial charge on any atom is -0.367 e. The molecule has 0 radical (unpaired) electrons. The van der Waals surface area contributed by atoms with E-state index in [4.69, 9.17) is 15.0 Å². The Morgan fingerprint density at radius 1 is 1.40 bits per heavy atom. The first-order valence-corrected chi connectivity index (χ1v) is 7.72. The summed E-state index contributed by atoms with van der Waals surface area (Å²) in [7, 11) is 0. The van der Waals surface area contributed by atoms with Gasteiger partial charge in [0.15, 0.2) is 0 Å². The van der Waals surface area contributed by atoms with Crippen LogP contribution in [0.15, 0.2) is 4.52 Å². The van der Waals surface area contributed by atoms with Crippen molar-refractivity contribution in [3.63, 3.8) is 0 Å². The molecule has 5 heteroatoms. The molecule has 5 nitrogen and oxygen atoms in total. The van der Waals surface area contributed by atoms with E-state index in [0.717, 1.165) is 31.6 Å². The summed E-state index contributed by atoms with van der Waals surface area (Å²) in [6.07, 6.45) is 4.19. The van der Waals surface area contributed by atoms with Gasteiger partial charge in [0.25, 0.3) is 0 Å². The molecule has 20 heavy (non-hydrogen) atoms. The topological polar surface area (TPSA) is 74.2 Å². The van der Waals surface area contributed by atoms with Gasteiger partial charge in [0.05, 0.1) is 6.04 Å². The fourth-order valence-electron chi connectivity index (χ4n) is 2.78. The fraction of sp³-hybridized carbons (Fsp3) is 0.867. The molecule has 0 unspecified atom stereocenters. The zero-order valence-corrected chi connectivity index (χ0v) is 13.1. The second-order valence-corrected chi connectivity index (χ2v) is 6.34. The van der Waals surface area contributed by atoms with Crippen LogP contribution in [0.5, 0.6) is 0 Å². The van der Waals surface area contributed by atoms with Gasteiger partial charge in [-0.1, -0.05) is 25.9 Å². The lowest BCUT2D eigenvalue weighted by Crippen LogP contribution is -2.35. The van der Waals surface area contributed by atoms with E-state index in [2.05, 4.69) is 30.9 Å². The van der Waals surface area contributed by atoms with Crippen molar-refractivity contribution in [1.29, 1.82) is 0 Å². The lowest BCUT2D eigenvalue weighted by molar-refractivity contribution is -0.0847. The second-order valence-electron chi connectivity index (χ2n) is 6.34. The molecule has 2 N–H and O–H groups in total. The van der Waals surface area contributed by atoms with Crippen LogP contribution in [0.1, 0.15) is 71.1 Å². The molecule has 1 aliphatic carbocycles. The number of hydrogen-bond donors (Lipinski definition) is 1. The maximum atomic E-state index is 6.08. The first kappa shape index (κ1) is 15.4. The minimum absolute atomic E-state index is 0.211. The van der Waals surface area contributed by atoms with Crippen LogP contribution in [0.2, 0.25) is 0 Å². The van der Waals surface area contributed by atoms with Crippen molar-refractivity contribution in [3.8, 4) is 0 Å². The SMILES string of the molecule is CCOC1(c2noc([C@H](N)C(C)C)n2)CCC(C)CC1. The van der Waals surface area contributed by atoms with E-state index in [1.54, 1.807) is 0 Å². The second kappa shape index (κ2) is 6.22. The summed E-state index contributed by atoms with van der Waals surface area (Å²) >= 11 is 0. The molecule has 0 bridgehead atoms. The number of ether oxygens (including phenoxy) is 1. The number of hydrogen-bond acceptors (Lipinski definition) is 5. The predicted molar refractivity (Wildman–Crippen MR) is 77.0 cm³/mol. The molecule has 1 heterocycles. The van der Waals surface area contributed by atoms with Crippen LogP contribution in [0.4, 0.5) is 0 Å². The van der Waals surface area contributed by atoms with Gasteiger partial charge in [0.2, 0.25) is 11.7 Å². The number of nitrogens with zero attached hydrogens (tertiary/aromatic N) is 2. The van der Waals surface area contributed by atoms with E-state index >= 15 is 0 Å². The summed E-state index contributed by atoms with van der Waals surface area (Å²) in [5.41, 5.74) is 5.71. The van der Waals surface area contributed by atoms with Crippen molar-refractivity contribution in [1.82, 2.24) is 10.1 Å². The quantitative estimate of drug-likeness (QED) is 0.897. The van der Waals surface area contributed by atoms with E-state index in [1.807, 2.05) is 6.92 Å². The average Bonchev–Trinajstić information content (AvgIpc) is 2.91. The third-order valence-electron chi connectivity index (χ3n) is 4.36. The van der Waals surface area contributed by atoms with Gasteiger partial charge in [0, 0.05) is 6.61 Å². The van der Waals surface area contributed by atoms with Gasteiger partial charge in [-0.25, -0.2) is 0 Å². The Bertz CT molecular complexity index is 423. The molecule has 0 aromatic carbocycles. The number of nitrogens with two attached hydrogens (primary N) is 1. The molecule has 0 spiro atoms. The van der Waals surface area contributed by atoms with Gasteiger partial charge in [-0.15, -0.1) is 0 Å². The van der Waals surface area contributed by atoms with E-state index in [9.17, 15) is 0 Å². The monoisotopic (exact) mass is 281 g/mol. The van der Waals surface area contributed by atoms with Gasteiger partial charge in [-0.2, -0.15) is 4.98 Å². The van der Waals surface area contributed by atoms with E-state index in [-0.39, 0.29) is 17.6 Å². The van der Waals surface area contributed by atoms with Crippen LogP contribution < -0.4 is 5.73 Å². The highest BCUT2D eigenvalue weighted by Gasteiger charge is 2.41. The summed E-state index contributed by atoms with van der Waals surface area (Å²) < 4.78 is 11.4. The first-order valence-electron chi connectivity index (χ1n) is 7.72. The smallest absolute Gasteiger partial charge is 0.243 e. The highest BCUT2D eigenvalue weighted by Crippen LogP contribution is 2.41. The van der Waals surface area contributed by atoms with Crippen LogP contribution >= 0.6 is 0 Å².